The Kier molecular flexibility index (Phi) is 8.14. The van der Waals surface area contributed by atoms with Crippen molar-refractivity contribution < 1.29 is 4.74 Å². The molecule has 1 unspecified atom stereocenters. The molecule has 1 aromatic rings. The molecule has 0 saturated carbocycles. The zero-order valence-electron chi connectivity index (χ0n) is 13.2. The Labute approximate surface area is 145 Å². The normalized spacial score (nSPS) is 23.8. The molecule has 0 bridgehead atoms. The third-order valence-corrected chi connectivity index (χ3v) is 4.91. The summed E-state index contributed by atoms with van der Waals surface area (Å²) in [4.78, 5) is 2.51. The van der Waals surface area contributed by atoms with Gasteiger partial charge in [-0.1, -0.05) is 0 Å². The predicted octanol–water partition coefficient (Wildman–Crippen LogP) is 2.03. The van der Waals surface area contributed by atoms with Gasteiger partial charge in [0.2, 0.25) is 0 Å². The third-order valence-electron chi connectivity index (χ3n) is 4.91. The fourth-order valence-electron chi connectivity index (χ4n) is 3.51. The summed E-state index contributed by atoms with van der Waals surface area (Å²) in [5.41, 5.74) is 1.44. The second-order valence-corrected chi connectivity index (χ2v) is 6.27. The van der Waals surface area contributed by atoms with Crippen LogP contribution in [0.15, 0.2) is 12.4 Å². The van der Waals surface area contributed by atoms with Gasteiger partial charge in [0.15, 0.2) is 0 Å². The maximum atomic E-state index is 6.16. The number of rotatable bonds is 4. The predicted molar refractivity (Wildman–Crippen MR) is 93.2 cm³/mol. The summed E-state index contributed by atoms with van der Waals surface area (Å²) in [5.74, 6) is 0. The molecular formula is C15H28Cl2N4O. The molecule has 128 valence electrons. The largest absolute Gasteiger partial charge is 0.375 e. The van der Waals surface area contributed by atoms with Crippen molar-refractivity contribution in [3.8, 4) is 0 Å². The average molecular weight is 351 g/mol. The summed E-state index contributed by atoms with van der Waals surface area (Å²) >= 11 is 0. The minimum absolute atomic E-state index is 0. The minimum Gasteiger partial charge on any atom is -0.375 e. The maximum Gasteiger partial charge on any atom is 0.0721 e. The smallest absolute Gasteiger partial charge is 0.0721 e. The molecule has 0 radical (unpaired) electrons. The van der Waals surface area contributed by atoms with E-state index in [0.717, 1.165) is 39.1 Å². The summed E-state index contributed by atoms with van der Waals surface area (Å²) in [5, 5.41) is 10.3. The molecule has 0 aliphatic carbocycles. The van der Waals surface area contributed by atoms with E-state index in [2.05, 4.69) is 27.5 Å². The first-order valence-electron chi connectivity index (χ1n) is 7.80. The van der Waals surface area contributed by atoms with Gasteiger partial charge < -0.3 is 15.0 Å². The summed E-state index contributed by atoms with van der Waals surface area (Å²) in [7, 11) is 2.25. The van der Waals surface area contributed by atoms with Crippen LogP contribution in [0.25, 0.3) is 0 Å². The van der Waals surface area contributed by atoms with Crippen molar-refractivity contribution in [2.45, 2.75) is 43.7 Å². The van der Waals surface area contributed by atoms with Crippen molar-refractivity contribution in [1.82, 2.24) is 20.4 Å². The average Bonchev–Trinajstić information content (AvgIpc) is 2.99. The number of ether oxygens (including phenoxy) is 1. The Balaban J connectivity index is 0.00000121. The molecular weight excluding hydrogens is 323 g/mol. The van der Waals surface area contributed by atoms with Gasteiger partial charge in [0, 0.05) is 25.4 Å². The minimum atomic E-state index is 0. The number of halogens is 2. The molecule has 3 rings (SSSR count). The molecule has 2 saturated heterocycles. The highest BCUT2D eigenvalue weighted by molar-refractivity contribution is 5.85. The number of aromatic amines is 1. The lowest BCUT2D eigenvalue weighted by Gasteiger charge is -2.46. The van der Waals surface area contributed by atoms with Crippen molar-refractivity contribution in [3.05, 3.63) is 18.0 Å². The van der Waals surface area contributed by atoms with Crippen LogP contribution in [-0.2, 0) is 11.2 Å². The van der Waals surface area contributed by atoms with Crippen LogP contribution in [0.5, 0.6) is 0 Å². The third kappa shape index (κ3) is 4.83. The van der Waals surface area contributed by atoms with E-state index in [9.17, 15) is 0 Å². The molecule has 3 heterocycles. The SMILES string of the molecule is CN(CCc1cn[nH]c1)C1CCOC2(CCNCC2)C1.Cl.Cl. The highest BCUT2D eigenvalue weighted by Crippen LogP contribution is 2.34. The number of piperidine rings is 1. The van der Waals surface area contributed by atoms with Crippen LogP contribution in [0.3, 0.4) is 0 Å². The first-order chi connectivity index (χ1) is 9.77. The lowest BCUT2D eigenvalue weighted by molar-refractivity contribution is -0.118. The maximum absolute atomic E-state index is 6.16. The Morgan fingerprint density at radius 2 is 2.14 bits per heavy atom. The number of nitrogens with zero attached hydrogens (tertiary/aromatic N) is 2. The van der Waals surface area contributed by atoms with Crippen molar-refractivity contribution in [2.75, 3.05) is 33.3 Å². The molecule has 2 aliphatic rings. The molecule has 1 spiro atoms. The Bertz CT molecular complexity index is 404. The van der Waals surface area contributed by atoms with E-state index in [1.54, 1.807) is 0 Å². The molecule has 0 aromatic carbocycles. The van der Waals surface area contributed by atoms with Crippen molar-refractivity contribution in [1.29, 1.82) is 0 Å². The van der Waals surface area contributed by atoms with E-state index in [1.165, 1.54) is 24.8 Å². The van der Waals surface area contributed by atoms with E-state index in [1.807, 2.05) is 12.4 Å². The zero-order valence-corrected chi connectivity index (χ0v) is 14.8. The van der Waals surface area contributed by atoms with Crippen LogP contribution >= 0.6 is 24.8 Å². The van der Waals surface area contributed by atoms with Crippen LogP contribution in [0.2, 0.25) is 0 Å². The zero-order chi connectivity index (χ0) is 13.8. The van der Waals surface area contributed by atoms with E-state index in [-0.39, 0.29) is 30.4 Å². The van der Waals surface area contributed by atoms with Gasteiger partial charge in [0.25, 0.3) is 0 Å². The summed E-state index contributed by atoms with van der Waals surface area (Å²) in [6.07, 6.45) is 9.67. The van der Waals surface area contributed by atoms with Gasteiger partial charge in [-0.15, -0.1) is 24.8 Å². The highest BCUT2D eigenvalue weighted by atomic mass is 35.5. The van der Waals surface area contributed by atoms with Gasteiger partial charge in [0.1, 0.15) is 0 Å². The Morgan fingerprint density at radius 3 is 2.82 bits per heavy atom. The van der Waals surface area contributed by atoms with Crippen LogP contribution < -0.4 is 5.32 Å². The highest BCUT2D eigenvalue weighted by Gasteiger charge is 2.39. The number of hydrogen-bond donors (Lipinski definition) is 2. The van der Waals surface area contributed by atoms with Crippen LogP contribution in [-0.4, -0.2) is 60.0 Å². The Hall–Kier alpha value is -0.330. The van der Waals surface area contributed by atoms with Gasteiger partial charge in [-0.05, 0) is 57.8 Å². The number of aromatic nitrogens is 2. The molecule has 7 heteroatoms. The van der Waals surface area contributed by atoms with Crippen LogP contribution in [0, 0.1) is 0 Å². The molecule has 1 atom stereocenters. The molecule has 22 heavy (non-hydrogen) atoms. The fourth-order valence-corrected chi connectivity index (χ4v) is 3.51. The van der Waals surface area contributed by atoms with Crippen molar-refractivity contribution >= 4 is 24.8 Å². The number of hydrogen-bond acceptors (Lipinski definition) is 4. The molecule has 0 amide bonds. The molecule has 5 nitrogen and oxygen atoms in total. The number of likely N-dealkylation sites (N-methyl/N-ethyl adjacent to an activating group) is 1. The summed E-state index contributed by atoms with van der Waals surface area (Å²) in [6.45, 7) is 4.22. The topological polar surface area (TPSA) is 53.2 Å². The molecule has 2 N–H and O–H groups in total. The van der Waals surface area contributed by atoms with E-state index in [4.69, 9.17) is 4.74 Å². The van der Waals surface area contributed by atoms with Gasteiger partial charge >= 0.3 is 0 Å². The lowest BCUT2D eigenvalue weighted by atomic mass is 9.82. The number of H-pyrrole nitrogens is 1. The molecule has 2 fully saturated rings. The monoisotopic (exact) mass is 350 g/mol. The van der Waals surface area contributed by atoms with Crippen molar-refractivity contribution in [3.63, 3.8) is 0 Å². The molecule has 1 aromatic heterocycles. The van der Waals surface area contributed by atoms with Gasteiger partial charge in [-0.25, -0.2) is 0 Å². The summed E-state index contributed by atoms with van der Waals surface area (Å²) < 4.78 is 6.16. The van der Waals surface area contributed by atoms with Gasteiger partial charge in [-0.3, -0.25) is 5.10 Å². The van der Waals surface area contributed by atoms with Crippen LogP contribution in [0.4, 0.5) is 0 Å². The van der Waals surface area contributed by atoms with Gasteiger partial charge in [-0.2, -0.15) is 5.10 Å². The fraction of sp³-hybridized carbons (Fsp3) is 0.800. The van der Waals surface area contributed by atoms with E-state index >= 15 is 0 Å². The first kappa shape index (κ1) is 19.7. The van der Waals surface area contributed by atoms with Crippen LogP contribution in [0.1, 0.15) is 31.2 Å². The quantitative estimate of drug-likeness (QED) is 0.872. The standard InChI is InChI=1S/C15H26N4O.2ClH/c1-19(8-2-13-11-17-18-12-13)14-3-9-20-15(10-14)4-6-16-7-5-15;;/h11-12,14,16H,2-10H2,1H3,(H,17,18);2*1H. The molecule has 2 aliphatic heterocycles. The second-order valence-electron chi connectivity index (χ2n) is 6.27. The lowest BCUT2D eigenvalue weighted by Crippen LogP contribution is -2.52. The van der Waals surface area contributed by atoms with E-state index < -0.39 is 0 Å². The summed E-state index contributed by atoms with van der Waals surface area (Å²) in [6, 6.07) is 0.661. The van der Waals surface area contributed by atoms with E-state index in [0.29, 0.717) is 6.04 Å². The second kappa shape index (κ2) is 9.08. The van der Waals surface area contributed by atoms with Crippen molar-refractivity contribution in [2.24, 2.45) is 0 Å². The van der Waals surface area contributed by atoms with Gasteiger partial charge in [0.05, 0.1) is 11.8 Å². The number of nitrogens with one attached hydrogen (secondary N) is 2. The first-order valence-corrected chi connectivity index (χ1v) is 7.80. The Morgan fingerprint density at radius 1 is 1.36 bits per heavy atom.